The van der Waals surface area contributed by atoms with Gasteiger partial charge in [-0.1, -0.05) is 12.6 Å². The maximum atomic E-state index is 10.8. The second-order valence-corrected chi connectivity index (χ2v) is 4.13. The van der Waals surface area contributed by atoms with Crippen LogP contribution in [0.15, 0.2) is 0 Å². The molecule has 0 fully saturated rings. The fourth-order valence-corrected chi connectivity index (χ4v) is 1.74. The van der Waals surface area contributed by atoms with E-state index in [0.29, 0.717) is 0 Å². The number of aliphatic carboxylic acids is 1. The van der Waals surface area contributed by atoms with E-state index in [1.807, 2.05) is 0 Å². The molecule has 0 aromatic carbocycles. The highest BCUT2D eigenvalue weighted by atomic mass is 32.2. The number of carboxylic acid groups (broad SMARTS) is 1. The molecular weight excluding hydrogens is 240 g/mol. The molecule has 2 unspecified atom stereocenters. The summed E-state index contributed by atoms with van der Waals surface area (Å²) in [5, 5.41) is 10.3. The zero-order chi connectivity index (χ0) is 12.1. The summed E-state index contributed by atoms with van der Waals surface area (Å²) in [4.78, 5) is 32.2. The standard InChI is InChI=1S/C7H12N2O4S2/c1-15-2-4(9-6(13)14)7(8,3-10)5(11)12/h3-4H,2,8H2,1H3,(H,11,12)(H2,9,13,14). The van der Waals surface area contributed by atoms with Gasteiger partial charge < -0.3 is 21.0 Å². The number of hydrogen-bond donors (Lipinski definition) is 4. The van der Waals surface area contributed by atoms with E-state index in [9.17, 15) is 14.4 Å². The molecule has 4 N–H and O–H groups in total. The monoisotopic (exact) mass is 252 g/mol. The summed E-state index contributed by atoms with van der Waals surface area (Å²) in [6.07, 6.45) is 1.81. The molecule has 0 rings (SSSR count). The van der Waals surface area contributed by atoms with Crippen molar-refractivity contribution in [3.05, 3.63) is 0 Å². The number of nitrogens with one attached hydrogen (secondary N) is 1. The molecule has 1 amide bonds. The van der Waals surface area contributed by atoms with Gasteiger partial charge in [0.15, 0.2) is 11.8 Å². The summed E-state index contributed by atoms with van der Waals surface area (Å²) >= 11 is 4.71. The predicted molar refractivity (Wildman–Crippen MR) is 60.3 cm³/mol. The summed E-state index contributed by atoms with van der Waals surface area (Å²) in [6, 6.07) is -0.993. The van der Waals surface area contributed by atoms with E-state index in [0.717, 1.165) is 0 Å². The van der Waals surface area contributed by atoms with Gasteiger partial charge in [0, 0.05) is 5.75 Å². The van der Waals surface area contributed by atoms with Crippen molar-refractivity contribution in [2.75, 3.05) is 12.0 Å². The van der Waals surface area contributed by atoms with Crippen molar-refractivity contribution >= 4 is 41.9 Å². The van der Waals surface area contributed by atoms with Crippen molar-refractivity contribution in [3.8, 4) is 0 Å². The Balaban J connectivity index is 4.91. The number of thioether (sulfide) groups is 1. The molecule has 0 saturated heterocycles. The molecule has 0 aromatic heterocycles. The Morgan fingerprint density at radius 1 is 1.73 bits per heavy atom. The van der Waals surface area contributed by atoms with Gasteiger partial charge in [-0.15, -0.1) is 0 Å². The van der Waals surface area contributed by atoms with E-state index in [4.69, 9.17) is 10.8 Å². The van der Waals surface area contributed by atoms with Crippen molar-refractivity contribution in [1.29, 1.82) is 0 Å². The van der Waals surface area contributed by atoms with Crippen LogP contribution in [0.2, 0.25) is 0 Å². The Morgan fingerprint density at radius 2 is 2.27 bits per heavy atom. The minimum atomic E-state index is -2.12. The van der Waals surface area contributed by atoms with E-state index in [1.165, 1.54) is 11.8 Å². The molecular formula is C7H12N2O4S2. The SMILES string of the molecule is CSCC(NC(=O)S)C(N)(C=O)C(=O)O. The number of aldehydes is 1. The van der Waals surface area contributed by atoms with Crippen LogP contribution in [0, 0.1) is 0 Å². The molecule has 0 saturated carbocycles. The number of thiol groups is 1. The highest BCUT2D eigenvalue weighted by Gasteiger charge is 2.42. The number of hydrogen-bond acceptors (Lipinski definition) is 5. The fourth-order valence-electron chi connectivity index (χ4n) is 0.896. The molecule has 0 aliphatic carbocycles. The number of nitrogens with two attached hydrogens (primary N) is 1. The Kier molecular flexibility index (Phi) is 5.69. The predicted octanol–water partition coefficient (Wildman–Crippen LogP) is -0.662. The average Bonchev–Trinajstić information content (AvgIpc) is 2.15. The lowest BCUT2D eigenvalue weighted by molar-refractivity contribution is -0.146. The van der Waals surface area contributed by atoms with Crippen molar-refractivity contribution in [1.82, 2.24) is 5.32 Å². The summed E-state index contributed by atoms with van der Waals surface area (Å²) in [5.41, 5.74) is 3.27. The Morgan fingerprint density at radius 3 is 2.53 bits per heavy atom. The first-order chi connectivity index (χ1) is 6.88. The maximum Gasteiger partial charge on any atom is 0.333 e. The lowest BCUT2D eigenvalue weighted by Gasteiger charge is -2.28. The summed E-state index contributed by atoms with van der Waals surface area (Å²) in [6.45, 7) is 0. The normalized spacial score (nSPS) is 16.2. The van der Waals surface area contributed by atoms with Gasteiger partial charge in [-0.25, -0.2) is 4.79 Å². The number of carboxylic acids is 1. The third kappa shape index (κ3) is 3.73. The fraction of sp³-hybridized carbons (Fsp3) is 0.571. The third-order valence-corrected chi connectivity index (χ3v) is 2.57. The van der Waals surface area contributed by atoms with Gasteiger partial charge in [-0.3, -0.25) is 4.79 Å². The first-order valence-electron chi connectivity index (χ1n) is 3.85. The molecule has 0 radical (unpaired) electrons. The molecule has 15 heavy (non-hydrogen) atoms. The Labute approximate surface area is 96.4 Å². The minimum Gasteiger partial charge on any atom is -0.479 e. The quantitative estimate of drug-likeness (QED) is 0.284. The van der Waals surface area contributed by atoms with Crippen LogP contribution in [0.5, 0.6) is 0 Å². The molecule has 0 bridgehead atoms. The van der Waals surface area contributed by atoms with E-state index in [1.54, 1.807) is 6.26 Å². The molecule has 0 aliphatic heterocycles. The molecule has 0 heterocycles. The zero-order valence-electron chi connectivity index (χ0n) is 7.97. The van der Waals surface area contributed by atoms with Crippen molar-refractivity contribution in [3.63, 3.8) is 0 Å². The van der Waals surface area contributed by atoms with Gasteiger partial charge in [0.1, 0.15) is 0 Å². The summed E-state index contributed by atoms with van der Waals surface area (Å²) < 4.78 is 0. The highest BCUT2D eigenvalue weighted by molar-refractivity contribution is 7.98. The van der Waals surface area contributed by atoms with Crippen molar-refractivity contribution in [2.24, 2.45) is 5.73 Å². The van der Waals surface area contributed by atoms with Crippen LogP contribution in [0.25, 0.3) is 0 Å². The molecule has 86 valence electrons. The second kappa shape index (κ2) is 5.99. The van der Waals surface area contributed by atoms with Gasteiger partial charge in [-0.05, 0) is 6.26 Å². The van der Waals surface area contributed by atoms with E-state index < -0.39 is 22.8 Å². The molecule has 0 spiro atoms. The minimum absolute atomic E-state index is 0.111. The molecule has 0 aliphatic rings. The van der Waals surface area contributed by atoms with Crippen molar-refractivity contribution < 1.29 is 19.5 Å². The van der Waals surface area contributed by atoms with Gasteiger partial charge >= 0.3 is 5.97 Å². The molecule has 2 atom stereocenters. The smallest absolute Gasteiger partial charge is 0.333 e. The van der Waals surface area contributed by atoms with Gasteiger partial charge in [0.05, 0.1) is 6.04 Å². The van der Waals surface area contributed by atoms with Crippen LogP contribution >= 0.6 is 24.4 Å². The first kappa shape index (κ1) is 14.3. The van der Waals surface area contributed by atoms with Crippen LogP contribution < -0.4 is 11.1 Å². The number of carbonyl (C=O) groups is 3. The number of carbonyl (C=O) groups excluding carboxylic acids is 2. The lowest BCUT2D eigenvalue weighted by atomic mass is 9.94. The van der Waals surface area contributed by atoms with Gasteiger partial charge in [0.25, 0.3) is 5.24 Å². The number of rotatable bonds is 6. The lowest BCUT2D eigenvalue weighted by Crippen LogP contribution is -2.65. The average molecular weight is 252 g/mol. The molecule has 0 aromatic rings. The Bertz CT molecular complexity index is 274. The maximum absolute atomic E-state index is 10.8. The van der Waals surface area contributed by atoms with Crippen LogP contribution in [0.3, 0.4) is 0 Å². The third-order valence-electron chi connectivity index (χ3n) is 1.77. The Hall–Kier alpha value is -0.730. The summed E-state index contributed by atoms with van der Waals surface area (Å²) in [5.74, 6) is -1.29. The second-order valence-electron chi connectivity index (χ2n) is 2.81. The van der Waals surface area contributed by atoms with Gasteiger partial charge in [-0.2, -0.15) is 11.8 Å². The first-order valence-corrected chi connectivity index (χ1v) is 5.69. The zero-order valence-corrected chi connectivity index (χ0v) is 9.68. The van der Waals surface area contributed by atoms with Crippen LogP contribution in [-0.2, 0) is 9.59 Å². The molecule has 8 heteroatoms. The summed E-state index contributed by atoms with van der Waals surface area (Å²) in [7, 11) is 0. The van der Waals surface area contributed by atoms with E-state index in [-0.39, 0.29) is 12.0 Å². The van der Waals surface area contributed by atoms with E-state index >= 15 is 0 Å². The van der Waals surface area contributed by atoms with Crippen molar-refractivity contribution in [2.45, 2.75) is 11.6 Å². The van der Waals surface area contributed by atoms with Crippen LogP contribution in [-0.4, -0.2) is 46.2 Å². The highest BCUT2D eigenvalue weighted by Crippen LogP contribution is 2.11. The van der Waals surface area contributed by atoms with Gasteiger partial charge in [0.2, 0.25) is 0 Å². The van der Waals surface area contributed by atoms with E-state index in [2.05, 4.69) is 17.9 Å². The number of amides is 1. The van der Waals surface area contributed by atoms with Crippen LogP contribution in [0.4, 0.5) is 4.79 Å². The molecule has 6 nitrogen and oxygen atoms in total. The topological polar surface area (TPSA) is 109 Å². The largest absolute Gasteiger partial charge is 0.479 e. The van der Waals surface area contributed by atoms with Crippen LogP contribution in [0.1, 0.15) is 0 Å².